The molecule has 0 fully saturated rings. The average molecular weight is 477 g/mol. The molecular formula is C22H22F3N5O4. The van der Waals surface area contributed by atoms with Crippen LogP contribution < -0.4 is 15.4 Å². The fourth-order valence-corrected chi connectivity index (χ4v) is 3.23. The van der Waals surface area contributed by atoms with E-state index in [-0.39, 0.29) is 11.9 Å². The van der Waals surface area contributed by atoms with E-state index >= 15 is 0 Å². The van der Waals surface area contributed by atoms with E-state index in [9.17, 15) is 18.0 Å². The molecule has 1 aromatic heterocycles. The summed E-state index contributed by atoms with van der Waals surface area (Å²) in [6.45, 7) is 3.27. The van der Waals surface area contributed by atoms with Gasteiger partial charge in [-0.05, 0) is 48.7 Å². The highest BCUT2D eigenvalue weighted by Crippen LogP contribution is 2.24. The highest BCUT2D eigenvalue weighted by molar-refractivity contribution is 5.95. The molecule has 0 radical (unpaired) electrons. The summed E-state index contributed by atoms with van der Waals surface area (Å²) in [4.78, 5) is 21.6. The van der Waals surface area contributed by atoms with Gasteiger partial charge >= 0.3 is 12.1 Å². The van der Waals surface area contributed by atoms with Crippen LogP contribution in [-0.2, 0) is 22.6 Å². The molecule has 4 N–H and O–H groups in total. The van der Waals surface area contributed by atoms with Gasteiger partial charge in [0.05, 0.1) is 18.8 Å². The zero-order valence-corrected chi connectivity index (χ0v) is 18.0. The minimum atomic E-state index is -5.08. The second-order valence-electron chi connectivity index (χ2n) is 7.23. The number of carboxylic acid groups (broad SMARTS) is 1. The molecule has 9 nitrogen and oxygen atoms in total. The van der Waals surface area contributed by atoms with Crippen molar-refractivity contribution in [3.63, 3.8) is 0 Å². The Morgan fingerprint density at radius 1 is 1.18 bits per heavy atom. The number of amides is 1. The van der Waals surface area contributed by atoms with Gasteiger partial charge in [-0.25, -0.2) is 4.79 Å². The molecule has 2 aromatic carbocycles. The summed E-state index contributed by atoms with van der Waals surface area (Å²) in [5.74, 6) is -1.95. The molecule has 1 amide bonds. The highest BCUT2D eigenvalue weighted by atomic mass is 19.4. The van der Waals surface area contributed by atoms with E-state index in [0.717, 1.165) is 28.3 Å². The van der Waals surface area contributed by atoms with Gasteiger partial charge in [-0.1, -0.05) is 18.2 Å². The number of carbonyl (C=O) groups excluding carboxylic acids is 1. The van der Waals surface area contributed by atoms with E-state index in [1.165, 1.54) is 5.56 Å². The van der Waals surface area contributed by atoms with Crippen molar-refractivity contribution in [3.05, 3.63) is 59.8 Å². The summed E-state index contributed by atoms with van der Waals surface area (Å²) in [7, 11) is 0. The minimum absolute atomic E-state index is 0.0448. The van der Waals surface area contributed by atoms with E-state index in [1.54, 1.807) is 6.20 Å². The number of nitrogens with one attached hydrogen (secondary N) is 3. The lowest BCUT2D eigenvalue weighted by Crippen LogP contribution is -2.44. The summed E-state index contributed by atoms with van der Waals surface area (Å²) in [5.41, 5.74) is 4.82. The van der Waals surface area contributed by atoms with Crippen LogP contribution in [0.3, 0.4) is 0 Å². The Kier molecular flexibility index (Phi) is 7.84. The Bertz CT molecular complexity index is 1120. The predicted octanol–water partition coefficient (Wildman–Crippen LogP) is 3.16. The van der Waals surface area contributed by atoms with Crippen LogP contribution >= 0.6 is 0 Å². The monoisotopic (exact) mass is 477 g/mol. The van der Waals surface area contributed by atoms with E-state index in [2.05, 4.69) is 32.1 Å². The third-order valence-electron chi connectivity index (χ3n) is 4.87. The largest absolute Gasteiger partial charge is 0.494 e. The molecule has 1 unspecified atom stereocenters. The van der Waals surface area contributed by atoms with Crippen molar-refractivity contribution < 1.29 is 32.6 Å². The molecule has 34 heavy (non-hydrogen) atoms. The first-order valence-electron chi connectivity index (χ1n) is 10.2. The van der Waals surface area contributed by atoms with Gasteiger partial charge in [0.2, 0.25) is 5.91 Å². The lowest BCUT2D eigenvalue weighted by molar-refractivity contribution is -0.192. The molecule has 0 bridgehead atoms. The first-order chi connectivity index (χ1) is 16.2. The quantitative estimate of drug-likeness (QED) is 0.444. The Balaban J connectivity index is 0.000000406. The number of fused-ring (bicyclic) bond motifs is 1. The van der Waals surface area contributed by atoms with Gasteiger partial charge in [0.15, 0.2) is 0 Å². The van der Waals surface area contributed by atoms with Gasteiger partial charge < -0.3 is 20.5 Å². The lowest BCUT2D eigenvalue weighted by Gasteiger charge is -2.26. The Hall–Kier alpha value is -3.93. The van der Waals surface area contributed by atoms with Crippen molar-refractivity contribution in [2.75, 3.05) is 11.9 Å². The number of aliphatic carboxylic acids is 1. The van der Waals surface area contributed by atoms with Crippen LogP contribution in [0, 0.1) is 0 Å². The van der Waals surface area contributed by atoms with Crippen LogP contribution in [-0.4, -0.2) is 51.2 Å². The fraction of sp³-hybridized carbons (Fsp3) is 0.273. The van der Waals surface area contributed by atoms with Crippen LogP contribution in [0.15, 0.2) is 48.7 Å². The second-order valence-corrected chi connectivity index (χ2v) is 7.23. The zero-order chi connectivity index (χ0) is 24.7. The number of hydrogen-bond donors (Lipinski definition) is 4. The molecule has 0 saturated carbocycles. The van der Waals surface area contributed by atoms with Crippen molar-refractivity contribution in [2.24, 2.45) is 0 Å². The second kappa shape index (κ2) is 10.8. The van der Waals surface area contributed by atoms with Gasteiger partial charge in [0.25, 0.3) is 0 Å². The van der Waals surface area contributed by atoms with Crippen LogP contribution in [0.4, 0.5) is 18.9 Å². The number of ether oxygens (including phenoxy) is 1. The standard InChI is InChI=1S/C20H21N5O2.C2HF3O2/c1-2-27-17-8-5-14-11-21-18(10-15(14)9-17)20(26)23-16-6-3-13(4-7-16)19-12-22-25-24-19;3-2(4,5)1(6)7/h3-9,12,18,21H,2,10-11H2,1H3,(H,23,26)(H,22,24,25);(H,6,7). The van der Waals surface area contributed by atoms with Gasteiger partial charge in [-0.3, -0.25) is 4.79 Å². The summed E-state index contributed by atoms with van der Waals surface area (Å²) >= 11 is 0. The number of benzene rings is 2. The number of hydrogen-bond acceptors (Lipinski definition) is 6. The van der Waals surface area contributed by atoms with Crippen molar-refractivity contribution in [2.45, 2.75) is 32.1 Å². The summed E-state index contributed by atoms with van der Waals surface area (Å²) in [6, 6.07) is 13.3. The molecule has 0 aliphatic carbocycles. The van der Waals surface area contributed by atoms with Crippen LogP contribution in [0.2, 0.25) is 0 Å². The zero-order valence-electron chi connectivity index (χ0n) is 18.0. The molecule has 1 aliphatic rings. The average Bonchev–Trinajstić information content (AvgIpc) is 3.34. The van der Waals surface area contributed by atoms with Gasteiger partial charge in [-0.2, -0.15) is 28.6 Å². The first-order valence-corrected chi connectivity index (χ1v) is 10.2. The smallest absolute Gasteiger partial charge is 0.490 e. The molecule has 1 aliphatic heterocycles. The summed E-state index contributed by atoms with van der Waals surface area (Å²) in [6.07, 6.45) is -2.79. The highest BCUT2D eigenvalue weighted by Gasteiger charge is 2.38. The Morgan fingerprint density at radius 2 is 1.88 bits per heavy atom. The first kappa shape index (κ1) is 24.7. The van der Waals surface area contributed by atoms with Crippen molar-refractivity contribution in [3.8, 4) is 17.0 Å². The molecule has 2 heterocycles. The fourth-order valence-electron chi connectivity index (χ4n) is 3.23. The summed E-state index contributed by atoms with van der Waals surface area (Å²) < 4.78 is 37.3. The molecule has 1 atom stereocenters. The van der Waals surface area contributed by atoms with E-state index in [4.69, 9.17) is 14.6 Å². The Labute approximate surface area is 192 Å². The van der Waals surface area contributed by atoms with Crippen LogP contribution in [0.25, 0.3) is 11.3 Å². The molecule has 12 heteroatoms. The molecule has 3 aromatic rings. The van der Waals surface area contributed by atoms with Crippen molar-refractivity contribution in [1.29, 1.82) is 0 Å². The lowest BCUT2D eigenvalue weighted by atomic mass is 9.95. The van der Waals surface area contributed by atoms with Gasteiger partial charge in [0.1, 0.15) is 11.4 Å². The van der Waals surface area contributed by atoms with Gasteiger partial charge in [0, 0.05) is 17.8 Å². The van der Waals surface area contributed by atoms with E-state index in [1.807, 2.05) is 43.3 Å². The number of aromatic amines is 1. The Morgan fingerprint density at radius 3 is 2.47 bits per heavy atom. The molecule has 0 saturated heterocycles. The molecular weight excluding hydrogens is 455 g/mol. The number of aromatic nitrogens is 3. The number of anilines is 1. The van der Waals surface area contributed by atoms with Crippen LogP contribution in [0.1, 0.15) is 18.1 Å². The number of rotatable bonds is 5. The third kappa shape index (κ3) is 6.54. The number of carbonyl (C=O) groups is 2. The topological polar surface area (TPSA) is 129 Å². The third-order valence-corrected chi connectivity index (χ3v) is 4.87. The van der Waals surface area contributed by atoms with Crippen LogP contribution in [0.5, 0.6) is 5.75 Å². The maximum Gasteiger partial charge on any atom is 0.490 e. The minimum Gasteiger partial charge on any atom is -0.494 e. The normalized spacial score (nSPS) is 14.9. The predicted molar refractivity (Wildman–Crippen MR) is 116 cm³/mol. The maximum atomic E-state index is 12.7. The SMILES string of the molecule is CCOc1ccc2c(c1)CC(C(=O)Nc1ccc(-c3cn[nH]n3)cc1)NC2.O=C(O)C(F)(F)F. The summed E-state index contributed by atoms with van der Waals surface area (Å²) in [5, 5.41) is 23.9. The van der Waals surface area contributed by atoms with Crippen molar-refractivity contribution in [1.82, 2.24) is 20.7 Å². The molecule has 180 valence electrons. The van der Waals surface area contributed by atoms with E-state index < -0.39 is 12.1 Å². The number of alkyl halides is 3. The number of H-pyrrole nitrogens is 1. The van der Waals surface area contributed by atoms with Crippen molar-refractivity contribution >= 4 is 17.6 Å². The molecule has 0 spiro atoms. The van der Waals surface area contributed by atoms with Gasteiger partial charge in [-0.15, -0.1) is 0 Å². The number of carboxylic acids is 1. The number of nitrogens with zero attached hydrogens (tertiary/aromatic N) is 2. The maximum absolute atomic E-state index is 12.7. The van der Waals surface area contributed by atoms with E-state index in [0.29, 0.717) is 19.6 Å². The molecule has 4 rings (SSSR count). The number of halogens is 3.